The predicted octanol–water partition coefficient (Wildman–Crippen LogP) is 4.86. The van der Waals surface area contributed by atoms with E-state index in [0.717, 1.165) is 6.54 Å². The van der Waals surface area contributed by atoms with Crippen molar-refractivity contribution in [3.63, 3.8) is 0 Å². The molecule has 0 saturated heterocycles. The first-order valence-electron chi connectivity index (χ1n) is 8.65. The van der Waals surface area contributed by atoms with Crippen LogP contribution in [0.1, 0.15) is 31.9 Å². The van der Waals surface area contributed by atoms with E-state index in [1.54, 1.807) is 0 Å². The van der Waals surface area contributed by atoms with E-state index >= 15 is 0 Å². The van der Waals surface area contributed by atoms with E-state index in [0.29, 0.717) is 0 Å². The lowest BCUT2D eigenvalue weighted by molar-refractivity contribution is -0.401. The molecule has 2 nitrogen and oxygen atoms in total. The molecule has 1 aliphatic heterocycles. The Morgan fingerprint density at radius 3 is 2.29 bits per heavy atom. The minimum atomic E-state index is 0.0320. The Kier molecular flexibility index (Phi) is 4.31. The van der Waals surface area contributed by atoms with E-state index in [9.17, 15) is 0 Å². The van der Waals surface area contributed by atoms with E-state index in [1.807, 2.05) is 0 Å². The molecule has 1 aliphatic rings. The number of hydrogen-bond acceptors (Lipinski definition) is 1. The first-order valence-corrected chi connectivity index (χ1v) is 8.65. The average molecular weight is 319 g/mol. The van der Waals surface area contributed by atoms with Crippen LogP contribution in [0.15, 0.2) is 54.6 Å². The molecule has 0 bridgehead atoms. The summed E-state index contributed by atoms with van der Waals surface area (Å²) >= 11 is 0. The third-order valence-electron chi connectivity index (χ3n) is 5.18. The van der Waals surface area contributed by atoms with Crippen molar-refractivity contribution in [1.82, 2.24) is 0 Å². The lowest BCUT2D eigenvalue weighted by atomic mass is 9.81. The Bertz CT molecular complexity index is 795. The molecule has 1 heterocycles. The highest BCUT2D eigenvalue weighted by Crippen LogP contribution is 2.39. The molecule has 0 unspecified atom stereocenters. The van der Waals surface area contributed by atoms with E-state index in [4.69, 9.17) is 0 Å². The highest BCUT2D eigenvalue weighted by molar-refractivity contribution is 6.05. The maximum Gasteiger partial charge on any atom is 0.209 e. The van der Waals surface area contributed by atoms with Crippen molar-refractivity contribution in [2.45, 2.75) is 26.2 Å². The summed E-state index contributed by atoms with van der Waals surface area (Å²) in [7, 11) is 4.28. The summed E-state index contributed by atoms with van der Waals surface area (Å²) in [5.74, 6) is 0. The molecule has 2 heteroatoms. The SMILES string of the molecule is CCN(C)c1ccc(/C=C/C2=[N+](C)c3ccccc3C2(C)C)cc1. The van der Waals surface area contributed by atoms with Crippen molar-refractivity contribution < 1.29 is 4.58 Å². The highest BCUT2D eigenvalue weighted by atomic mass is 15.1. The maximum atomic E-state index is 2.31. The zero-order chi connectivity index (χ0) is 17.3. The molecule has 0 aromatic heterocycles. The van der Waals surface area contributed by atoms with Crippen LogP contribution < -0.4 is 4.90 Å². The number of rotatable bonds is 4. The van der Waals surface area contributed by atoms with Gasteiger partial charge in [0.25, 0.3) is 0 Å². The van der Waals surface area contributed by atoms with Crippen LogP contribution in [0.3, 0.4) is 0 Å². The lowest BCUT2D eigenvalue weighted by Crippen LogP contribution is -2.26. The lowest BCUT2D eigenvalue weighted by Gasteiger charge is -2.16. The van der Waals surface area contributed by atoms with Crippen LogP contribution in [-0.4, -0.2) is 30.9 Å². The second kappa shape index (κ2) is 6.27. The Hall–Kier alpha value is -2.35. The van der Waals surface area contributed by atoms with E-state index in [2.05, 4.69) is 105 Å². The molecule has 0 radical (unpaired) electrons. The molecule has 0 spiro atoms. The molecule has 3 rings (SSSR count). The molecule has 0 fully saturated rings. The van der Waals surface area contributed by atoms with Gasteiger partial charge in [0.2, 0.25) is 5.69 Å². The number of para-hydroxylation sites is 1. The van der Waals surface area contributed by atoms with Gasteiger partial charge >= 0.3 is 0 Å². The van der Waals surface area contributed by atoms with Gasteiger partial charge in [-0.1, -0.05) is 30.3 Å². The molecular formula is C22H27N2+. The average Bonchev–Trinajstić information content (AvgIpc) is 2.80. The van der Waals surface area contributed by atoms with Crippen molar-refractivity contribution in [3.8, 4) is 0 Å². The number of nitrogens with zero attached hydrogens (tertiary/aromatic N) is 2. The minimum absolute atomic E-state index is 0.0320. The van der Waals surface area contributed by atoms with Crippen LogP contribution in [0, 0.1) is 0 Å². The molecule has 124 valence electrons. The number of allylic oxidation sites excluding steroid dienone is 1. The van der Waals surface area contributed by atoms with Crippen LogP contribution in [0.2, 0.25) is 0 Å². The highest BCUT2D eigenvalue weighted by Gasteiger charge is 2.42. The van der Waals surface area contributed by atoms with Crippen molar-refractivity contribution >= 4 is 23.2 Å². The van der Waals surface area contributed by atoms with Gasteiger partial charge < -0.3 is 4.90 Å². The van der Waals surface area contributed by atoms with Gasteiger partial charge in [-0.05, 0) is 44.5 Å². The molecule has 0 aliphatic carbocycles. The largest absolute Gasteiger partial charge is 0.375 e. The van der Waals surface area contributed by atoms with Crippen LogP contribution >= 0.6 is 0 Å². The quantitative estimate of drug-likeness (QED) is 0.729. The molecule has 24 heavy (non-hydrogen) atoms. The second-order valence-electron chi connectivity index (χ2n) is 7.03. The van der Waals surface area contributed by atoms with Gasteiger partial charge in [-0.25, -0.2) is 0 Å². The summed E-state index contributed by atoms with van der Waals surface area (Å²) in [6.07, 6.45) is 4.48. The standard InChI is InChI=1S/C22H27N2/c1-6-23(4)18-14-11-17(12-15-18)13-16-21-22(2,3)19-9-7-8-10-20(19)24(21)5/h7-16H,6H2,1-5H3/q+1. The van der Waals surface area contributed by atoms with Crippen molar-refractivity contribution in [1.29, 1.82) is 0 Å². The van der Waals surface area contributed by atoms with Crippen LogP contribution in [0.25, 0.3) is 6.08 Å². The van der Waals surface area contributed by atoms with Gasteiger partial charge in [-0.2, -0.15) is 4.58 Å². The summed E-state index contributed by atoms with van der Waals surface area (Å²) in [5.41, 5.74) is 6.56. The van der Waals surface area contributed by atoms with Crippen molar-refractivity contribution in [2.24, 2.45) is 0 Å². The Balaban J connectivity index is 1.89. The van der Waals surface area contributed by atoms with Crippen molar-refractivity contribution in [3.05, 3.63) is 65.7 Å². The van der Waals surface area contributed by atoms with Gasteiger partial charge in [0, 0.05) is 37.0 Å². The van der Waals surface area contributed by atoms with Crippen molar-refractivity contribution in [2.75, 3.05) is 25.5 Å². The molecule has 0 N–H and O–H groups in total. The summed E-state index contributed by atoms with van der Waals surface area (Å²) in [6, 6.07) is 17.4. The van der Waals surface area contributed by atoms with E-state index in [1.165, 1.54) is 28.2 Å². The fraction of sp³-hybridized carbons (Fsp3) is 0.318. The summed E-state index contributed by atoms with van der Waals surface area (Å²) in [5, 5.41) is 0. The van der Waals surface area contributed by atoms with Crippen LogP contribution in [0.4, 0.5) is 11.4 Å². The van der Waals surface area contributed by atoms with Crippen LogP contribution in [-0.2, 0) is 5.41 Å². The third-order valence-corrected chi connectivity index (χ3v) is 5.18. The monoisotopic (exact) mass is 319 g/mol. The van der Waals surface area contributed by atoms with E-state index in [-0.39, 0.29) is 5.41 Å². The van der Waals surface area contributed by atoms with Gasteiger partial charge in [0.15, 0.2) is 5.71 Å². The Morgan fingerprint density at radius 2 is 1.67 bits per heavy atom. The zero-order valence-electron chi connectivity index (χ0n) is 15.4. The Morgan fingerprint density at radius 1 is 1.00 bits per heavy atom. The van der Waals surface area contributed by atoms with Crippen LogP contribution in [0.5, 0.6) is 0 Å². The summed E-state index contributed by atoms with van der Waals surface area (Å²) in [6.45, 7) is 7.78. The molecule has 0 amide bonds. The third kappa shape index (κ3) is 2.77. The fourth-order valence-electron chi connectivity index (χ4n) is 3.50. The number of hydrogen-bond donors (Lipinski definition) is 0. The van der Waals surface area contributed by atoms with Gasteiger partial charge in [-0.3, -0.25) is 0 Å². The molecule has 0 saturated carbocycles. The molecular weight excluding hydrogens is 292 g/mol. The van der Waals surface area contributed by atoms with Gasteiger partial charge in [0.1, 0.15) is 7.05 Å². The molecule has 2 aromatic carbocycles. The fourth-order valence-corrected chi connectivity index (χ4v) is 3.50. The number of benzene rings is 2. The normalized spacial score (nSPS) is 15.9. The topological polar surface area (TPSA) is 6.25 Å². The first kappa shape index (κ1) is 16.5. The molecule has 2 aromatic rings. The maximum absolute atomic E-state index is 2.31. The predicted molar refractivity (Wildman–Crippen MR) is 105 cm³/mol. The zero-order valence-corrected chi connectivity index (χ0v) is 15.4. The van der Waals surface area contributed by atoms with E-state index < -0.39 is 0 Å². The number of anilines is 1. The summed E-state index contributed by atoms with van der Waals surface area (Å²) in [4.78, 5) is 2.24. The smallest absolute Gasteiger partial charge is 0.209 e. The number of fused-ring (bicyclic) bond motifs is 1. The Labute approximate surface area is 145 Å². The minimum Gasteiger partial charge on any atom is -0.375 e. The van der Waals surface area contributed by atoms with Gasteiger partial charge in [0.05, 0.1) is 5.41 Å². The first-order chi connectivity index (χ1) is 11.4. The van der Waals surface area contributed by atoms with Gasteiger partial charge in [-0.15, -0.1) is 0 Å². The second-order valence-corrected chi connectivity index (χ2v) is 7.03. The summed E-state index contributed by atoms with van der Waals surface area (Å²) < 4.78 is 2.31. The molecule has 0 atom stereocenters.